The van der Waals surface area contributed by atoms with Crippen molar-refractivity contribution in [3.05, 3.63) is 0 Å². The Morgan fingerprint density at radius 3 is 2.50 bits per heavy atom. The quantitative estimate of drug-likeness (QED) is 0.474. The normalized spacial score (nSPS) is 26.8. The van der Waals surface area contributed by atoms with Gasteiger partial charge in [-0.2, -0.15) is 0 Å². The van der Waals surface area contributed by atoms with E-state index < -0.39 is 0 Å². The Morgan fingerprint density at radius 2 is 2.00 bits per heavy atom. The van der Waals surface area contributed by atoms with E-state index >= 15 is 0 Å². The summed E-state index contributed by atoms with van der Waals surface area (Å²) in [5.41, 5.74) is 0. The van der Waals surface area contributed by atoms with Gasteiger partial charge in [-0.1, -0.05) is 0 Å². The van der Waals surface area contributed by atoms with Gasteiger partial charge in [0.2, 0.25) is 0 Å². The molecule has 0 aliphatic carbocycles. The first-order valence-corrected chi connectivity index (χ1v) is 2.96. The lowest BCUT2D eigenvalue weighted by Crippen LogP contribution is -2.09. The molecule has 1 rings (SSSR count). The fourth-order valence-corrected chi connectivity index (χ4v) is 0.682. The molecule has 0 spiro atoms. The van der Waals surface area contributed by atoms with Crippen LogP contribution in [-0.2, 0) is 9.47 Å². The van der Waals surface area contributed by atoms with Crippen molar-refractivity contribution in [3.63, 3.8) is 0 Å². The van der Waals surface area contributed by atoms with Crippen molar-refractivity contribution in [1.29, 1.82) is 0 Å². The van der Waals surface area contributed by atoms with Crippen molar-refractivity contribution in [3.8, 4) is 0 Å². The van der Waals surface area contributed by atoms with Gasteiger partial charge in [-0.15, -0.1) is 0 Å². The van der Waals surface area contributed by atoms with Crippen LogP contribution in [0.3, 0.4) is 0 Å². The smallest absolute Gasteiger partial charge is 0.154 e. The van der Waals surface area contributed by atoms with Crippen molar-refractivity contribution in [2.24, 2.45) is 0 Å². The fourth-order valence-electron chi connectivity index (χ4n) is 0.682. The molecule has 0 aromatic rings. The molecule has 1 saturated heterocycles. The van der Waals surface area contributed by atoms with E-state index in [9.17, 15) is 0 Å². The highest BCUT2D eigenvalue weighted by atomic mass is 16.7. The van der Waals surface area contributed by atoms with Crippen LogP contribution in [0.4, 0.5) is 0 Å². The molecule has 0 aromatic heterocycles. The van der Waals surface area contributed by atoms with E-state index in [-0.39, 0.29) is 13.2 Å². The molecule has 1 fully saturated rings. The van der Waals surface area contributed by atoms with Crippen molar-refractivity contribution in [1.82, 2.24) is 0 Å². The Hall–Kier alpha value is -0.0800. The maximum atomic E-state index is 6.94. The van der Waals surface area contributed by atoms with Gasteiger partial charge in [0, 0.05) is 14.6 Å². The summed E-state index contributed by atoms with van der Waals surface area (Å²) in [4.78, 5) is 0. The van der Waals surface area contributed by atoms with Crippen LogP contribution in [0.1, 0.15) is 21.1 Å². The van der Waals surface area contributed by atoms with Crippen LogP contribution in [0, 0.1) is 0 Å². The van der Waals surface area contributed by atoms with E-state index in [4.69, 9.17) is 10.8 Å². The molecule has 0 radical (unpaired) electrons. The van der Waals surface area contributed by atoms with Gasteiger partial charge in [0.15, 0.2) is 6.29 Å². The molecule has 0 atom stereocenters. The first-order valence-electron chi connectivity index (χ1n) is 3.66. The molecule has 8 heavy (non-hydrogen) atoms. The van der Waals surface area contributed by atoms with E-state index in [0.29, 0.717) is 0 Å². The molecule has 48 valence electrons. The summed E-state index contributed by atoms with van der Waals surface area (Å²) in [6, 6.07) is 0. The highest BCUT2D eigenvalue weighted by molar-refractivity contribution is 4.44. The van der Waals surface area contributed by atoms with E-state index in [0.717, 1.165) is 26.1 Å². The molecule has 0 saturated carbocycles. The average molecular weight is 117 g/mol. The molecule has 0 bridgehead atoms. The van der Waals surface area contributed by atoms with Gasteiger partial charge < -0.3 is 9.47 Å². The Morgan fingerprint density at radius 1 is 1.38 bits per heavy atom. The number of hydrogen-bond donors (Lipinski definition) is 0. The third kappa shape index (κ3) is 1.80. The molecule has 1 heterocycles. The lowest BCUT2D eigenvalue weighted by Gasteiger charge is -2.07. The van der Waals surface area contributed by atoms with E-state index in [2.05, 4.69) is 0 Å². The Bertz CT molecular complexity index is 69.5. The van der Waals surface area contributed by atoms with Crippen LogP contribution in [0.25, 0.3) is 0 Å². The number of rotatable bonds is 0. The molecule has 0 amide bonds. The van der Waals surface area contributed by atoms with Crippen LogP contribution in [0.2, 0.25) is 0 Å². The second kappa shape index (κ2) is 3.05. The van der Waals surface area contributed by atoms with Gasteiger partial charge in [0.25, 0.3) is 0 Å². The minimum atomic E-state index is -0.257. The van der Waals surface area contributed by atoms with E-state index in [1.54, 1.807) is 0 Å². The molecule has 1 aliphatic rings. The summed E-state index contributed by atoms with van der Waals surface area (Å²) in [5.74, 6) is 0. The number of ether oxygens (including phenoxy) is 2. The highest BCUT2D eigenvalue weighted by Gasteiger charge is 2.04. The zero-order valence-electron chi connectivity index (χ0n) is 5.93. The maximum absolute atomic E-state index is 6.94. The van der Waals surface area contributed by atoms with E-state index in [1.165, 1.54) is 0 Å². The topological polar surface area (TPSA) is 18.5 Å². The van der Waals surface area contributed by atoms with Crippen molar-refractivity contribution < 1.29 is 10.8 Å². The zero-order valence-corrected chi connectivity index (χ0v) is 4.93. The van der Waals surface area contributed by atoms with Crippen LogP contribution in [-0.4, -0.2) is 19.5 Å². The van der Waals surface area contributed by atoms with Gasteiger partial charge in [0.05, 0.1) is 0 Å². The van der Waals surface area contributed by atoms with Crippen molar-refractivity contribution in [2.75, 3.05) is 13.2 Å². The van der Waals surface area contributed by atoms with Gasteiger partial charge in [-0.05, 0) is 19.7 Å². The zero-order chi connectivity index (χ0) is 6.53. The second-order valence-electron chi connectivity index (χ2n) is 1.88. The van der Waals surface area contributed by atoms with Gasteiger partial charge in [-0.25, -0.2) is 0 Å². The van der Waals surface area contributed by atoms with Crippen LogP contribution in [0.15, 0.2) is 0 Å². The summed E-state index contributed by atoms with van der Waals surface area (Å²) in [6.07, 6.45) is 1.87. The molecule has 2 heteroatoms. The lowest BCUT2D eigenvalue weighted by molar-refractivity contribution is -0.112. The minimum Gasteiger partial charge on any atom is -0.353 e. The Kier molecular flexibility index (Phi) is 1.82. The maximum Gasteiger partial charge on any atom is 0.154 e. The Labute approximate surface area is 51.2 Å². The third-order valence-electron chi connectivity index (χ3n) is 1.15. The standard InChI is InChI=1S/C6H12O2/c1-6-7-4-2-3-5-8-6/h6H,2-5H2,1H3/i1D. The molecule has 1 aliphatic heterocycles. The van der Waals surface area contributed by atoms with Gasteiger partial charge in [0.1, 0.15) is 0 Å². The van der Waals surface area contributed by atoms with Crippen LogP contribution in [0.5, 0.6) is 0 Å². The van der Waals surface area contributed by atoms with Crippen molar-refractivity contribution >= 4 is 0 Å². The highest BCUT2D eigenvalue weighted by Crippen LogP contribution is 2.03. The second-order valence-corrected chi connectivity index (χ2v) is 1.88. The lowest BCUT2D eigenvalue weighted by atomic mass is 10.3. The molecular weight excluding hydrogens is 104 g/mol. The van der Waals surface area contributed by atoms with Gasteiger partial charge in [-0.3, -0.25) is 0 Å². The molecule has 0 unspecified atom stereocenters. The SMILES string of the molecule is [2H]CC1OCCCCO1. The van der Waals surface area contributed by atoms with Crippen LogP contribution < -0.4 is 0 Å². The Balaban J connectivity index is 2.18. The summed E-state index contributed by atoms with van der Waals surface area (Å²) in [6.45, 7) is 1.73. The molecule has 0 aromatic carbocycles. The summed E-state index contributed by atoms with van der Waals surface area (Å²) < 4.78 is 17.2. The third-order valence-corrected chi connectivity index (χ3v) is 1.15. The largest absolute Gasteiger partial charge is 0.353 e. The summed E-state index contributed by atoms with van der Waals surface area (Å²) in [5, 5.41) is 0. The first-order chi connectivity index (χ1) is 4.43. The summed E-state index contributed by atoms with van der Waals surface area (Å²) in [7, 11) is 0. The molecule has 2 nitrogen and oxygen atoms in total. The van der Waals surface area contributed by atoms with Gasteiger partial charge >= 0.3 is 0 Å². The predicted molar refractivity (Wildman–Crippen MR) is 30.6 cm³/mol. The fraction of sp³-hybridized carbons (Fsp3) is 1.00. The van der Waals surface area contributed by atoms with E-state index in [1.807, 2.05) is 0 Å². The number of hydrogen-bond acceptors (Lipinski definition) is 2. The molecule has 0 N–H and O–H groups in total. The summed E-state index contributed by atoms with van der Waals surface area (Å²) >= 11 is 0. The molecular formula is C6H12O2. The predicted octanol–water partition coefficient (Wildman–Crippen LogP) is 1.16. The monoisotopic (exact) mass is 117 g/mol. The average Bonchev–Trinajstić information content (AvgIpc) is 2.13. The van der Waals surface area contributed by atoms with Crippen molar-refractivity contribution in [2.45, 2.75) is 26.0 Å². The first kappa shape index (κ1) is 4.77. The van der Waals surface area contributed by atoms with Crippen LogP contribution >= 0.6 is 0 Å². The minimum absolute atomic E-state index is 0.222.